The van der Waals surface area contributed by atoms with E-state index >= 15 is 0 Å². The monoisotopic (exact) mass is 429 g/mol. The fraction of sp³-hybridized carbons (Fsp3) is 0.562. The van der Waals surface area contributed by atoms with Crippen LogP contribution in [0.3, 0.4) is 0 Å². The normalized spacial score (nSPS) is 11.5. The number of hydrogen-bond donors (Lipinski definition) is 1. The van der Waals surface area contributed by atoms with Crippen LogP contribution in [0.2, 0.25) is 0 Å². The van der Waals surface area contributed by atoms with Crippen molar-refractivity contribution in [3.63, 3.8) is 0 Å². The van der Waals surface area contributed by atoms with E-state index in [1.807, 2.05) is 6.92 Å². The van der Waals surface area contributed by atoms with Crippen molar-refractivity contribution in [3.05, 3.63) is 44.8 Å². The quantitative estimate of drug-likeness (QED) is 0.0854. The lowest BCUT2D eigenvalue weighted by molar-refractivity contribution is -0.384. The van der Waals surface area contributed by atoms with Crippen LogP contribution in [0.4, 0.5) is 5.69 Å². The van der Waals surface area contributed by atoms with Gasteiger partial charge in [-0.15, -0.1) is 0 Å². The molecule has 1 aromatic carbocycles. The lowest BCUT2D eigenvalue weighted by Gasteiger charge is -2.11. The Balaban J connectivity index is 2.05. The molecule has 1 rings (SSSR count). The number of nitro benzene ring substituents is 1. The van der Waals surface area contributed by atoms with Crippen molar-refractivity contribution in [2.24, 2.45) is 5.11 Å². The zero-order chi connectivity index (χ0) is 20.6. The third-order valence-corrected chi connectivity index (χ3v) is 6.08. The maximum Gasteiger partial charge on any atom is 0.269 e. The fourth-order valence-electron chi connectivity index (χ4n) is 1.86. The average Bonchev–Trinajstić information content (AvgIpc) is 2.68. The number of carbonyl (C=O) groups excluding carboxylic acids is 1. The molecule has 0 aliphatic rings. The summed E-state index contributed by atoms with van der Waals surface area (Å²) in [4.78, 5) is 25.6. The number of nitrogens with one attached hydrogen (secondary N) is 1. The van der Waals surface area contributed by atoms with Gasteiger partial charge in [-0.25, -0.2) is 0 Å². The first kappa shape index (κ1) is 24.1. The fourth-order valence-corrected chi connectivity index (χ4v) is 3.97. The highest BCUT2D eigenvalue weighted by Gasteiger charge is 2.11. The van der Waals surface area contributed by atoms with Gasteiger partial charge in [0.15, 0.2) is 0 Å². The van der Waals surface area contributed by atoms with E-state index in [1.54, 1.807) is 12.1 Å². The molecule has 0 radical (unpaired) electrons. The molecule has 1 unspecified atom stereocenters. The summed E-state index contributed by atoms with van der Waals surface area (Å²) in [5.41, 5.74) is 8.15. The smallest absolute Gasteiger partial charge is 0.269 e. The predicted molar refractivity (Wildman–Crippen MR) is 109 cm³/mol. The number of carbonyl (C=O) groups is 1. The van der Waals surface area contributed by atoms with Crippen LogP contribution in [-0.2, 0) is 14.3 Å². The zero-order valence-electron chi connectivity index (χ0n) is 15.5. The van der Waals surface area contributed by atoms with Crippen molar-refractivity contribution < 1.29 is 19.2 Å². The summed E-state index contributed by atoms with van der Waals surface area (Å²) in [5.74, 6) is -0.0569. The third-order valence-electron chi connectivity index (χ3n) is 3.17. The Bertz CT molecular complexity index is 655. The lowest BCUT2D eigenvalue weighted by Crippen LogP contribution is -2.29. The van der Waals surface area contributed by atoms with E-state index in [0.29, 0.717) is 45.9 Å². The van der Waals surface area contributed by atoms with Crippen LogP contribution >= 0.6 is 21.6 Å². The summed E-state index contributed by atoms with van der Waals surface area (Å²) in [7, 11) is 3.02. The molecule has 0 aromatic heterocycles. The van der Waals surface area contributed by atoms with Gasteiger partial charge < -0.3 is 14.8 Å². The average molecular weight is 430 g/mol. The third kappa shape index (κ3) is 11.7. The molecule has 0 heterocycles. The van der Waals surface area contributed by atoms with Gasteiger partial charge in [0.05, 0.1) is 31.4 Å². The van der Waals surface area contributed by atoms with Crippen LogP contribution in [0.5, 0.6) is 0 Å². The van der Waals surface area contributed by atoms with E-state index in [9.17, 15) is 14.9 Å². The lowest BCUT2D eigenvalue weighted by atomic mass is 10.3. The zero-order valence-corrected chi connectivity index (χ0v) is 17.1. The summed E-state index contributed by atoms with van der Waals surface area (Å²) in [6, 6.07) is 6.32. The molecule has 1 aromatic rings. The highest BCUT2D eigenvalue weighted by Crippen LogP contribution is 2.36. The van der Waals surface area contributed by atoms with Gasteiger partial charge in [-0.05, 0) is 17.7 Å². The number of rotatable bonds is 15. The molecule has 28 heavy (non-hydrogen) atoms. The molecule has 0 saturated carbocycles. The topological polar surface area (TPSA) is 139 Å². The molecule has 1 atom stereocenters. The Morgan fingerprint density at radius 1 is 1.29 bits per heavy atom. The van der Waals surface area contributed by atoms with Crippen LogP contribution in [0.15, 0.2) is 34.3 Å². The molecule has 1 N–H and O–H groups in total. The van der Waals surface area contributed by atoms with Gasteiger partial charge in [0.1, 0.15) is 0 Å². The van der Waals surface area contributed by atoms with Crippen LogP contribution in [0.25, 0.3) is 10.4 Å². The Hall–Kier alpha value is -1.98. The molecule has 0 aliphatic carbocycles. The summed E-state index contributed by atoms with van der Waals surface area (Å²) in [6.45, 7) is 4.23. The van der Waals surface area contributed by atoms with Gasteiger partial charge in [0, 0.05) is 46.7 Å². The van der Waals surface area contributed by atoms with Crippen molar-refractivity contribution >= 4 is 33.2 Å². The number of amides is 1. The number of ether oxygens (including phenoxy) is 2. The number of hydrogen-bond acceptors (Lipinski definition) is 8. The van der Waals surface area contributed by atoms with E-state index in [-0.39, 0.29) is 16.8 Å². The number of non-ortho nitro benzene ring substituents is 1. The van der Waals surface area contributed by atoms with Crippen LogP contribution in [-0.4, -0.2) is 55.6 Å². The van der Waals surface area contributed by atoms with Crippen LogP contribution in [0.1, 0.15) is 13.3 Å². The molecule has 10 nitrogen and oxygen atoms in total. The standard InChI is InChI=1S/C16H23N5O5S2/c1-13(27-28-15-4-2-14(3-5-15)21(23)24)12-16(22)18-6-8-25-10-11-26-9-7-19-20-17/h2-5,13H,6-12H2,1H3,(H,18,22). The van der Waals surface area contributed by atoms with Crippen molar-refractivity contribution in [1.29, 1.82) is 0 Å². The van der Waals surface area contributed by atoms with E-state index in [1.165, 1.54) is 33.7 Å². The number of azide groups is 1. The predicted octanol–water partition coefficient (Wildman–Crippen LogP) is 3.57. The van der Waals surface area contributed by atoms with Gasteiger partial charge in [-0.1, -0.05) is 33.6 Å². The molecule has 0 aliphatic heterocycles. The Morgan fingerprint density at radius 3 is 2.61 bits per heavy atom. The van der Waals surface area contributed by atoms with Gasteiger partial charge >= 0.3 is 0 Å². The van der Waals surface area contributed by atoms with Gasteiger partial charge in [-0.2, -0.15) is 0 Å². The molecule has 0 saturated heterocycles. The van der Waals surface area contributed by atoms with Gasteiger partial charge in [0.25, 0.3) is 5.69 Å². The highest BCUT2D eigenvalue weighted by atomic mass is 33.1. The van der Waals surface area contributed by atoms with E-state index < -0.39 is 4.92 Å². The molecular weight excluding hydrogens is 406 g/mol. The number of nitro groups is 1. The van der Waals surface area contributed by atoms with Gasteiger partial charge in [-0.3, -0.25) is 14.9 Å². The second-order valence-electron chi connectivity index (χ2n) is 5.47. The second-order valence-corrected chi connectivity index (χ2v) is 8.19. The largest absolute Gasteiger partial charge is 0.379 e. The van der Waals surface area contributed by atoms with Crippen molar-refractivity contribution in [2.45, 2.75) is 23.5 Å². The molecule has 154 valence electrons. The first-order valence-electron chi connectivity index (χ1n) is 8.53. The summed E-state index contributed by atoms with van der Waals surface area (Å²) < 4.78 is 10.5. The van der Waals surface area contributed by atoms with Crippen molar-refractivity contribution in [3.8, 4) is 0 Å². The molecular formula is C16H23N5O5S2. The molecule has 0 fully saturated rings. The van der Waals surface area contributed by atoms with E-state index in [4.69, 9.17) is 15.0 Å². The SMILES string of the molecule is CC(CC(=O)NCCOCCOCCN=[N+]=[N-])SSc1ccc([N+](=O)[O-])cc1. The van der Waals surface area contributed by atoms with Crippen molar-refractivity contribution in [1.82, 2.24) is 5.32 Å². The Morgan fingerprint density at radius 2 is 1.96 bits per heavy atom. The Kier molecular flexibility index (Phi) is 12.9. The van der Waals surface area contributed by atoms with Gasteiger partial charge in [0.2, 0.25) is 5.91 Å². The maximum atomic E-state index is 11.9. The minimum atomic E-state index is -0.433. The Labute approximate surface area is 170 Å². The molecule has 0 spiro atoms. The molecule has 0 bridgehead atoms. The van der Waals surface area contributed by atoms with Crippen LogP contribution in [0, 0.1) is 10.1 Å². The summed E-state index contributed by atoms with van der Waals surface area (Å²) >= 11 is 0. The number of benzene rings is 1. The summed E-state index contributed by atoms with van der Waals surface area (Å²) in [6.07, 6.45) is 0.368. The highest BCUT2D eigenvalue weighted by molar-refractivity contribution is 8.76. The second kappa shape index (κ2) is 15.0. The molecule has 1 amide bonds. The maximum absolute atomic E-state index is 11.9. The minimum Gasteiger partial charge on any atom is -0.379 e. The van der Waals surface area contributed by atoms with Crippen molar-refractivity contribution in [2.75, 3.05) is 39.5 Å². The van der Waals surface area contributed by atoms with E-state index in [0.717, 1.165) is 4.90 Å². The number of nitrogens with zero attached hydrogens (tertiary/aromatic N) is 4. The first-order valence-corrected chi connectivity index (χ1v) is 10.7. The summed E-state index contributed by atoms with van der Waals surface area (Å²) in [5, 5.41) is 16.9. The molecule has 12 heteroatoms. The van der Waals surface area contributed by atoms with Crippen LogP contribution < -0.4 is 5.32 Å². The van der Waals surface area contributed by atoms with E-state index in [2.05, 4.69) is 15.3 Å². The minimum absolute atomic E-state index is 0.0569. The first-order chi connectivity index (χ1) is 13.5.